The number of benzene rings is 1. The fourth-order valence-electron chi connectivity index (χ4n) is 4.41. The fourth-order valence-corrected chi connectivity index (χ4v) is 4.54. The van der Waals surface area contributed by atoms with Gasteiger partial charge in [-0.15, -0.1) is 0 Å². The summed E-state index contributed by atoms with van der Waals surface area (Å²) in [6.07, 6.45) is 3.79. The van der Waals surface area contributed by atoms with Crippen molar-refractivity contribution in [2.75, 3.05) is 26.2 Å². The molecule has 1 aromatic carbocycles. The first-order valence-electron chi connectivity index (χ1n) is 10.8. The first-order valence-corrected chi connectivity index (χ1v) is 11.2. The molecule has 2 fully saturated rings. The van der Waals surface area contributed by atoms with Gasteiger partial charge >= 0.3 is 6.09 Å². The fraction of sp³-hybridized carbons (Fsp3) is 0.652. The Morgan fingerprint density at radius 3 is 2.07 bits per heavy atom. The lowest BCUT2D eigenvalue weighted by Crippen LogP contribution is -2.55. The van der Waals surface area contributed by atoms with Crippen molar-refractivity contribution in [2.24, 2.45) is 0 Å². The van der Waals surface area contributed by atoms with Crippen molar-refractivity contribution in [2.45, 2.75) is 70.0 Å². The zero-order valence-electron chi connectivity index (χ0n) is 18.2. The van der Waals surface area contributed by atoms with Gasteiger partial charge in [-0.1, -0.05) is 43.0 Å². The maximum atomic E-state index is 13.6. The molecule has 30 heavy (non-hydrogen) atoms. The third-order valence-corrected chi connectivity index (χ3v) is 6.20. The lowest BCUT2D eigenvalue weighted by Gasteiger charge is -2.43. The van der Waals surface area contributed by atoms with Crippen LogP contribution in [0.4, 0.5) is 4.79 Å². The minimum atomic E-state index is -1.05. The van der Waals surface area contributed by atoms with E-state index in [4.69, 9.17) is 16.3 Å². The smallest absolute Gasteiger partial charge is 0.410 e. The van der Waals surface area contributed by atoms with E-state index in [1.165, 1.54) is 0 Å². The van der Waals surface area contributed by atoms with E-state index < -0.39 is 17.1 Å². The van der Waals surface area contributed by atoms with E-state index in [0.29, 0.717) is 44.0 Å². The van der Waals surface area contributed by atoms with Crippen LogP contribution in [0.5, 0.6) is 0 Å². The molecule has 6 nitrogen and oxygen atoms in total. The molecule has 7 heteroatoms. The standard InChI is InChI=1S/C23H33ClN2O4/c1-22(2,3)30-21(28)26-15-13-25(14-16-26)20(27)19(17-7-9-18(24)10-8-17)23(29)11-5-4-6-12-23/h7-10,19,29H,4-6,11-16H2,1-3H3. The summed E-state index contributed by atoms with van der Waals surface area (Å²) in [5, 5.41) is 12.1. The zero-order valence-corrected chi connectivity index (χ0v) is 19.0. The van der Waals surface area contributed by atoms with Crippen molar-refractivity contribution in [3.8, 4) is 0 Å². The maximum absolute atomic E-state index is 13.6. The Bertz CT molecular complexity index is 745. The van der Waals surface area contributed by atoms with Crippen molar-refractivity contribution < 1.29 is 19.4 Å². The summed E-state index contributed by atoms with van der Waals surface area (Å²) in [6, 6.07) is 7.22. The topological polar surface area (TPSA) is 70.1 Å². The van der Waals surface area contributed by atoms with Gasteiger partial charge in [-0.05, 0) is 51.3 Å². The molecule has 1 aromatic rings. The largest absolute Gasteiger partial charge is 0.444 e. The van der Waals surface area contributed by atoms with Gasteiger partial charge in [0.15, 0.2) is 0 Å². The van der Waals surface area contributed by atoms with Gasteiger partial charge in [0.25, 0.3) is 0 Å². The summed E-state index contributed by atoms with van der Waals surface area (Å²) in [5.74, 6) is -0.700. The number of hydrogen-bond donors (Lipinski definition) is 1. The van der Waals surface area contributed by atoms with Crippen molar-refractivity contribution >= 4 is 23.6 Å². The molecule has 2 aliphatic rings. The number of halogens is 1. The van der Waals surface area contributed by atoms with Crippen molar-refractivity contribution in [3.05, 3.63) is 34.9 Å². The molecule has 3 rings (SSSR count). The molecule has 0 aromatic heterocycles. The van der Waals surface area contributed by atoms with Gasteiger partial charge in [-0.3, -0.25) is 4.79 Å². The molecule has 0 radical (unpaired) electrons. The van der Waals surface area contributed by atoms with Crippen LogP contribution >= 0.6 is 11.6 Å². The third-order valence-electron chi connectivity index (χ3n) is 5.95. The molecular formula is C23H33ClN2O4. The van der Waals surface area contributed by atoms with E-state index in [0.717, 1.165) is 24.8 Å². The number of nitrogens with zero attached hydrogens (tertiary/aromatic N) is 2. The lowest BCUT2D eigenvalue weighted by molar-refractivity contribution is -0.143. The lowest BCUT2D eigenvalue weighted by atomic mass is 9.72. The van der Waals surface area contributed by atoms with Crippen LogP contribution < -0.4 is 0 Å². The molecule has 1 saturated carbocycles. The Kier molecular flexibility index (Phi) is 6.98. The highest BCUT2D eigenvalue weighted by Gasteiger charge is 2.45. The molecule has 2 amide bonds. The molecule has 1 N–H and O–H groups in total. The summed E-state index contributed by atoms with van der Waals surface area (Å²) in [7, 11) is 0. The Morgan fingerprint density at radius 2 is 1.53 bits per heavy atom. The Morgan fingerprint density at radius 1 is 1.00 bits per heavy atom. The SMILES string of the molecule is CC(C)(C)OC(=O)N1CCN(C(=O)C(c2ccc(Cl)cc2)C2(O)CCCCC2)CC1. The molecule has 1 aliphatic carbocycles. The summed E-state index contributed by atoms with van der Waals surface area (Å²) < 4.78 is 5.44. The van der Waals surface area contributed by atoms with E-state index >= 15 is 0 Å². The van der Waals surface area contributed by atoms with Gasteiger partial charge in [-0.2, -0.15) is 0 Å². The predicted octanol–water partition coefficient (Wildman–Crippen LogP) is 4.20. The number of aliphatic hydroxyl groups is 1. The summed E-state index contributed by atoms with van der Waals surface area (Å²) in [4.78, 5) is 29.3. The number of amides is 2. The molecule has 1 unspecified atom stereocenters. The van der Waals surface area contributed by atoms with E-state index in [1.54, 1.807) is 21.9 Å². The average molecular weight is 437 g/mol. The highest BCUT2D eigenvalue weighted by atomic mass is 35.5. The summed E-state index contributed by atoms with van der Waals surface area (Å²) in [6.45, 7) is 7.22. The second-order valence-electron chi connectivity index (χ2n) is 9.44. The maximum Gasteiger partial charge on any atom is 0.410 e. The van der Waals surface area contributed by atoms with Gasteiger partial charge in [0.2, 0.25) is 5.91 Å². The van der Waals surface area contributed by atoms with Crippen LogP contribution in [-0.4, -0.2) is 64.3 Å². The van der Waals surface area contributed by atoms with Crippen molar-refractivity contribution in [1.82, 2.24) is 9.80 Å². The first-order chi connectivity index (χ1) is 14.1. The minimum Gasteiger partial charge on any atom is -0.444 e. The molecule has 1 heterocycles. The van der Waals surface area contributed by atoms with Crippen molar-refractivity contribution in [3.63, 3.8) is 0 Å². The minimum absolute atomic E-state index is 0.0782. The van der Waals surface area contributed by atoms with Crippen LogP contribution in [0.1, 0.15) is 64.4 Å². The van der Waals surface area contributed by atoms with Crippen LogP contribution in [0.2, 0.25) is 5.02 Å². The second kappa shape index (κ2) is 9.15. The Labute approximate surface area is 184 Å². The normalized spacial score (nSPS) is 20.6. The Balaban J connectivity index is 1.74. The van der Waals surface area contributed by atoms with E-state index in [9.17, 15) is 14.7 Å². The zero-order chi connectivity index (χ0) is 21.9. The summed E-state index contributed by atoms with van der Waals surface area (Å²) in [5.41, 5.74) is -0.803. The van der Waals surface area contributed by atoms with E-state index in [2.05, 4.69) is 0 Å². The Hall–Kier alpha value is -1.79. The highest BCUT2D eigenvalue weighted by molar-refractivity contribution is 6.30. The molecule has 0 bridgehead atoms. The summed E-state index contributed by atoms with van der Waals surface area (Å²) >= 11 is 6.05. The number of rotatable bonds is 3. The number of hydrogen-bond acceptors (Lipinski definition) is 4. The molecule has 0 spiro atoms. The van der Waals surface area contributed by atoms with Gasteiger partial charge in [0.1, 0.15) is 5.60 Å². The monoisotopic (exact) mass is 436 g/mol. The quantitative estimate of drug-likeness (QED) is 0.770. The van der Waals surface area contributed by atoms with Gasteiger partial charge in [0.05, 0.1) is 11.5 Å². The number of piperazine rings is 1. The molecule has 166 valence electrons. The molecular weight excluding hydrogens is 404 g/mol. The third kappa shape index (κ3) is 5.46. The van der Waals surface area contributed by atoms with Gasteiger partial charge in [-0.25, -0.2) is 4.79 Å². The van der Waals surface area contributed by atoms with Crippen LogP contribution in [-0.2, 0) is 9.53 Å². The molecule has 1 saturated heterocycles. The van der Waals surface area contributed by atoms with E-state index in [1.807, 2.05) is 32.9 Å². The highest BCUT2D eigenvalue weighted by Crippen LogP contribution is 2.41. The number of carbonyl (C=O) groups is 2. The van der Waals surface area contributed by atoms with Crippen molar-refractivity contribution in [1.29, 1.82) is 0 Å². The van der Waals surface area contributed by atoms with Crippen LogP contribution in [0.25, 0.3) is 0 Å². The average Bonchev–Trinajstić information content (AvgIpc) is 2.69. The van der Waals surface area contributed by atoms with Crippen LogP contribution in [0.3, 0.4) is 0 Å². The van der Waals surface area contributed by atoms with Gasteiger partial charge in [0, 0.05) is 31.2 Å². The van der Waals surface area contributed by atoms with Crippen LogP contribution in [0.15, 0.2) is 24.3 Å². The predicted molar refractivity (Wildman–Crippen MR) is 117 cm³/mol. The first kappa shape index (κ1) is 22.9. The molecule has 1 atom stereocenters. The molecule has 1 aliphatic heterocycles. The number of carbonyl (C=O) groups excluding carboxylic acids is 2. The second-order valence-corrected chi connectivity index (χ2v) is 9.88. The van der Waals surface area contributed by atoms with E-state index in [-0.39, 0.29) is 12.0 Å². The van der Waals surface area contributed by atoms with Crippen LogP contribution in [0, 0.1) is 0 Å². The number of ether oxygens (including phenoxy) is 1. The van der Waals surface area contributed by atoms with Gasteiger partial charge < -0.3 is 19.6 Å².